The maximum atomic E-state index is 15.0. The van der Waals surface area contributed by atoms with Crippen molar-refractivity contribution >= 4 is 6.08 Å². The van der Waals surface area contributed by atoms with Gasteiger partial charge in [-0.2, -0.15) is 13.2 Å². The molecule has 0 aliphatic carbocycles. The molecule has 0 radical (unpaired) electrons. The van der Waals surface area contributed by atoms with E-state index >= 15 is 0 Å². The number of alkyl halides is 3. The molecule has 0 aliphatic rings. The fraction of sp³-hybridized carbons (Fsp3) is 0.103. The van der Waals surface area contributed by atoms with Gasteiger partial charge in [-0.15, -0.1) is 0 Å². The third-order valence-electron chi connectivity index (χ3n) is 5.74. The summed E-state index contributed by atoms with van der Waals surface area (Å²) in [4.78, 5) is 0. The first-order valence-electron chi connectivity index (χ1n) is 11.5. The number of halogens is 10. The van der Waals surface area contributed by atoms with Gasteiger partial charge in [-0.05, 0) is 78.2 Å². The number of rotatable bonds is 6. The third kappa shape index (κ3) is 5.98. The first-order valence-corrected chi connectivity index (χ1v) is 11.5. The van der Waals surface area contributed by atoms with Crippen molar-refractivity contribution in [3.63, 3.8) is 0 Å². The fourth-order valence-electron chi connectivity index (χ4n) is 4.05. The summed E-state index contributed by atoms with van der Waals surface area (Å²) in [5.74, 6) is -9.21. The molecule has 0 N–H and O–H groups in total. The van der Waals surface area contributed by atoms with Crippen molar-refractivity contribution in [3.05, 3.63) is 107 Å². The monoisotopic (exact) mass is 570 g/mol. The summed E-state index contributed by atoms with van der Waals surface area (Å²) in [5.41, 5.74) is -4.63. The van der Waals surface area contributed by atoms with Gasteiger partial charge in [0, 0.05) is 23.3 Å². The van der Waals surface area contributed by atoms with Gasteiger partial charge in [-0.25, -0.2) is 30.7 Å². The number of benzene rings is 4. The van der Waals surface area contributed by atoms with Crippen LogP contribution in [0.2, 0.25) is 0 Å². The van der Waals surface area contributed by atoms with E-state index in [0.717, 1.165) is 18.2 Å². The van der Waals surface area contributed by atoms with Crippen molar-refractivity contribution in [3.8, 4) is 39.1 Å². The molecule has 0 bridgehead atoms. The molecule has 0 atom stereocenters. The lowest BCUT2D eigenvalue weighted by Crippen LogP contribution is -2.02. The summed E-state index contributed by atoms with van der Waals surface area (Å²) in [6, 6.07) is 7.05. The van der Waals surface area contributed by atoms with Crippen LogP contribution in [0, 0.1) is 40.7 Å². The normalized spacial score (nSPS) is 11.9. The second-order valence-electron chi connectivity index (χ2n) is 8.43. The lowest BCUT2D eigenvalue weighted by atomic mass is 9.95. The molecule has 1 nitrogen and oxygen atoms in total. The van der Waals surface area contributed by atoms with E-state index in [1.807, 2.05) is 0 Å². The molecule has 4 aromatic rings. The van der Waals surface area contributed by atoms with Crippen LogP contribution in [0.1, 0.15) is 12.5 Å². The third-order valence-corrected chi connectivity index (χ3v) is 5.74. The molecule has 208 valence electrons. The van der Waals surface area contributed by atoms with E-state index in [9.17, 15) is 43.9 Å². The van der Waals surface area contributed by atoms with Gasteiger partial charge >= 0.3 is 6.18 Å². The zero-order valence-corrected chi connectivity index (χ0v) is 20.2. The van der Waals surface area contributed by atoms with E-state index in [0.29, 0.717) is 24.3 Å². The largest absolute Gasteiger partial charge is 0.494 e. The van der Waals surface area contributed by atoms with Crippen LogP contribution < -0.4 is 4.74 Å². The molecule has 0 saturated carbocycles. The minimum atomic E-state index is -4.86. The molecular weight excluding hydrogens is 554 g/mol. The van der Waals surface area contributed by atoms with Gasteiger partial charge in [0.15, 0.2) is 0 Å². The average Bonchev–Trinajstić information content (AvgIpc) is 2.82. The highest BCUT2D eigenvalue weighted by Crippen LogP contribution is 2.37. The standard InChI is InChI=1S/C29H16F10O/c1-2-40-17-3-4-18(22(32)13-17)14-7-23(33)28(24(34)8-14)16-11-25(35)27(26(36)12-16)15-9-20(30)19(21(31)10-15)5-6-29(37,38)39/h3-13H,2H2,1H3. The van der Waals surface area contributed by atoms with Crippen molar-refractivity contribution in [2.75, 3.05) is 6.61 Å². The van der Waals surface area contributed by atoms with Crippen LogP contribution in [-0.2, 0) is 0 Å². The number of hydrogen-bond acceptors (Lipinski definition) is 1. The zero-order valence-electron chi connectivity index (χ0n) is 20.2. The Balaban J connectivity index is 1.73. The predicted molar refractivity (Wildman–Crippen MR) is 129 cm³/mol. The van der Waals surface area contributed by atoms with Crippen molar-refractivity contribution in [1.82, 2.24) is 0 Å². The SMILES string of the molecule is CCOc1ccc(-c2cc(F)c(-c3cc(F)c(-c4cc(F)c(C=CC(F)(F)F)c(F)c4)c(F)c3)c(F)c2)c(F)c1. The van der Waals surface area contributed by atoms with E-state index in [2.05, 4.69) is 0 Å². The van der Waals surface area contributed by atoms with E-state index in [1.54, 1.807) is 6.92 Å². The first kappa shape index (κ1) is 28.7. The molecule has 11 heteroatoms. The maximum Gasteiger partial charge on any atom is 0.409 e. The number of allylic oxidation sites excluding steroid dienone is 1. The van der Waals surface area contributed by atoms with E-state index in [1.165, 1.54) is 12.1 Å². The van der Waals surface area contributed by atoms with Crippen LogP contribution in [-0.4, -0.2) is 12.8 Å². The van der Waals surface area contributed by atoms with Crippen molar-refractivity contribution in [2.24, 2.45) is 0 Å². The second-order valence-corrected chi connectivity index (χ2v) is 8.43. The Bertz CT molecular complexity index is 1550. The molecule has 4 rings (SSSR count). The van der Waals surface area contributed by atoms with Crippen LogP contribution in [0.5, 0.6) is 5.75 Å². The molecule has 0 unspecified atom stereocenters. The Kier molecular flexibility index (Phi) is 7.95. The molecule has 0 spiro atoms. The number of hydrogen-bond donors (Lipinski definition) is 0. The average molecular weight is 570 g/mol. The van der Waals surface area contributed by atoms with Gasteiger partial charge in [0.1, 0.15) is 46.5 Å². The van der Waals surface area contributed by atoms with Crippen LogP contribution in [0.25, 0.3) is 39.5 Å². The van der Waals surface area contributed by atoms with Gasteiger partial charge in [0.2, 0.25) is 0 Å². The fourth-order valence-corrected chi connectivity index (χ4v) is 4.05. The summed E-state index contributed by atoms with van der Waals surface area (Å²) in [5, 5.41) is 0. The molecule has 0 saturated heterocycles. The number of ether oxygens (including phenoxy) is 1. The summed E-state index contributed by atoms with van der Waals surface area (Å²) in [7, 11) is 0. The maximum absolute atomic E-state index is 15.0. The summed E-state index contributed by atoms with van der Waals surface area (Å²) in [6.45, 7) is 1.94. The zero-order chi connectivity index (χ0) is 29.4. The summed E-state index contributed by atoms with van der Waals surface area (Å²) in [6.07, 6.45) is -5.15. The van der Waals surface area contributed by atoms with Crippen LogP contribution >= 0.6 is 0 Å². The molecule has 4 aromatic carbocycles. The quantitative estimate of drug-likeness (QED) is 0.210. The van der Waals surface area contributed by atoms with Gasteiger partial charge in [-0.1, -0.05) is 0 Å². The van der Waals surface area contributed by atoms with E-state index < -0.39 is 80.8 Å². The highest BCUT2D eigenvalue weighted by atomic mass is 19.4. The Morgan fingerprint density at radius 2 is 1.05 bits per heavy atom. The van der Waals surface area contributed by atoms with Crippen LogP contribution in [0.15, 0.2) is 60.7 Å². The summed E-state index contributed by atoms with van der Waals surface area (Å²) < 4.78 is 145. The Morgan fingerprint density at radius 3 is 1.48 bits per heavy atom. The minimum absolute atomic E-state index is 0.124. The molecule has 40 heavy (non-hydrogen) atoms. The van der Waals surface area contributed by atoms with E-state index in [4.69, 9.17) is 4.74 Å². The van der Waals surface area contributed by atoms with Crippen molar-refractivity contribution in [1.29, 1.82) is 0 Å². The molecule has 0 fully saturated rings. The highest BCUT2D eigenvalue weighted by molar-refractivity contribution is 5.76. The Labute approximate surface area is 221 Å². The van der Waals surface area contributed by atoms with Crippen molar-refractivity contribution < 1.29 is 48.6 Å². The van der Waals surface area contributed by atoms with Gasteiger partial charge in [0.25, 0.3) is 0 Å². The molecule has 0 aromatic heterocycles. The first-order chi connectivity index (χ1) is 18.8. The summed E-state index contributed by atoms with van der Waals surface area (Å²) >= 11 is 0. The van der Waals surface area contributed by atoms with Gasteiger partial charge < -0.3 is 4.74 Å². The van der Waals surface area contributed by atoms with Gasteiger partial charge in [-0.3, -0.25) is 0 Å². The molecule has 0 aliphatic heterocycles. The van der Waals surface area contributed by atoms with Crippen molar-refractivity contribution in [2.45, 2.75) is 13.1 Å². The van der Waals surface area contributed by atoms with Crippen LogP contribution in [0.3, 0.4) is 0 Å². The predicted octanol–water partition coefficient (Wildman–Crippen LogP) is 9.64. The second kappa shape index (κ2) is 11.1. The Morgan fingerprint density at radius 1 is 0.600 bits per heavy atom. The molecular formula is C29H16F10O. The topological polar surface area (TPSA) is 9.23 Å². The smallest absolute Gasteiger partial charge is 0.409 e. The minimum Gasteiger partial charge on any atom is -0.494 e. The Hall–Kier alpha value is -4.28. The molecule has 0 heterocycles. The highest BCUT2D eigenvalue weighted by Gasteiger charge is 2.24. The van der Waals surface area contributed by atoms with Crippen LogP contribution in [0.4, 0.5) is 43.9 Å². The lowest BCUT2D eigenvalue weighted by Gasteiger charge is -2.13. The lowest BCUT2D eigenvalue weighted by molar-refractivity contribution is -0.0790. The van der Waals surface area contributed by atoms with Gasteiger partial charge in [0.05, 0.1) is 17.7 Å². The van der Waals surface area contributed by atoms with E-state index in [-0.39, 0.29) is 29.6 Å². The molecule has 0 amide bonds.